The molecule has 1 aliphatic heterocycles. The van der Waals surface area contributed by atoms with Crippen molar-refractivity contribution >= 4 is 29.9 Å². The predicted molar refractivity (Wildman–Crippen MR) is 120 cm³/mol. The maximum Gasteiger partial charge on any atom is 0.191 e. The first-order valence-electron chi connectivity index (χ1n) is 9.53. The van der Waals surface area contributed by atoms with Gasteiger partial charge in [0.1, 0.15) is 5.82 Å². The number of likely N-dealkylation sites (tertiary alicyclic amines) is 1. The second-order valence-corrected chi connectivity index (χ2v) is 7.45. The summed E-state index contributed by atoms with van der Waals surface area (Å²) in [6.45, 7) is 5.26. The number of guanidine groups is 1. The minimum atomic E-state index is 0. The van der Waals surface area contributed by atoms with Crippen LogP contribution in [-0.4, -0.2) is 53.0 Å². The molecule has 6 nitrogen and oxygen atoms in total. The van der Waals surface area contributed by atoms with Gasteiger partial charge in [-0.05, 0) is 24.3 Å². The zero-order valence-corrected chi connectivity index (χ0v) is 18.3. The fourth-order valence-corrected chi connectivity index (χ4v) is 3.68. The van der Waals surface area contributed by atoms with Crippen LogP contribution in [0.4, 0.5) is 0 Å². The monoisotopic (exact) mass is 480 g/mol. The summed E-state index contributed by atoms with van der Waals surface area (Å²) in [6, 6.07) is 11.5. The Morgan fingerprint density at radius 1 is 1.26 bits per heavy atom. The molecule has 1 saturated carbocycles. The zero-order valence-electron chi connectivity index (χ0n) is 16.0. The lowest BCUT2D eigenvalue weighted by Crippen LogP contribution is -2.46. The number of H-pyrrole nitrogens is 1. The van der Waals surface area contributed by atoms with Gasteiger partial charge in [0.25, 0.3) is 0 Å². The summed E-state index contributed by atoms with van der Waals surface area (Å²) in [5, 5.41) is 6.98. The SMILES string of the molecule is CN=C(NCc1ncc(-c2ccccc2)[nH]1)NC1CN(C2CC2)CC1C.I. The average Bonchev–Trinajstić information content (AvgIpc) is 3.30. The lowest BCUT2D eigenvalue weighted by atomic mass is 10.1. The van der Waals surface area contributed by atoms with Crippen molar-refractivity contribution in [3.05, 3.63) is 42.4 Å². The lowest BCUT2D eigenvalue weighted by molar-refractivity contribution is 0.315. The summed E-state index contributed by atoms with van der Waals surface area (Å²) in [5.41, 5.74) is 2.18. The molecule has 2 fully saturated rings. The summed E-state index contributed by atoms with van der Waals surface area (Å²) >= 11 is 0. The fourth-order valence-electron chi connectivity index (χ4n) is 3.68. The fraction of sp³-hybridized carbons (Fsp3) is 0.500. The molecule has 2 heterocycles. The number of nitrogens with zero attached hydrogens (tertiary/aromatic N) is 3. The molecule has 0 bridgehead atoms. The maximum atomic E-state index is 4.48. The summed E-state index contributed by atoms with van der Waals surface area (Å²) < 4.78 is 0. The second-order valence-electron chi connectivity index (χ2n) is 7.45. The third-order valence-corrected chi connectivity index (χ3v) is 5.39. The largest absolute Gasteiger partial charge is 0.352 e. The van der Waals surface area contributed by atoms with E-state index < -0.39 is 0 Å². The Morgan fingerprint density at radius 3 is 2.74 bits per heavy atom. The van der Waals surface area contributed by atoms with Gasteiger partial charge in [-0.15, -0.1) is 24.0 Å². The standard InChI is InChI=1S/C20H28N6.HI/c1-14-12-26(16-8-9-16)13-18(14)25-20(21-2)23-11-19-22-10-17(24-19)15-6-4-3-5-7-15;/h3-7,10,14,16,18H,8-9,11-13H2,1-2H3,(H,22,24)(H2,21,23,25);1H. The molecule has 2 aromatic rings. The van der Waals surface area contributed by atoms with Crippen molar-refractivity contribution in [3.8, 4) is 11.3 Å². The first-order chi connectivity index (χ1) is 12.7. The Bertz CT molecular complexity index is 755. The van der Waals surface area contributed by atoms with Crippen LogP contribution in [0.25, 0.3) is 11.3 Å². The predicted octanol–water partition coefficient (Wildman–Crippen LogP) is 2.84. The smallest absolute Gasteiger partial charge is 0.191 e. The Kier molecular flexibility index (Phi) is 6.75. The number of hydrogen-bond acceptors (Lipinski definition) is 3. The van der Waals surface area contributed by atoms with Gasteiger partial charge in [-0.25, -0.2) is 4.98 Å². The van der Waals surface area contributed by atoms with Crippen molar-refractivity contribution in [2.24, 2.45) is 10.9 Å². The third kappa shape index (κ3) is 5.01. The van der Waals surface area contributed by atoms with Crippen molar-refractivity contribution in [1.82, 2.24) is 25.5 Å². The minimum Gasteiger partial charge on any atom is -0.352 e. The van der Waals surface area contributed by atoms with Crippen molar-refractivity contribution < 1.29 is 0 Å². The molecule has 1 aromatic heterocycles. The Balaban J connectivity index is 0.00000210. The van der Waals surface area contributed by atoms with E-state index in [1.165, 1.54) is 19.4 Å². The van der Waals surface area contributed by atoms with Gasteiger partial charge < -0.3 is 15.6 Å². The highest BCUT2D eigenvalue weighted by molar-refractivity contribution is 14.0. The zero-order chi connectivity index (χ0) is 17.9. The van der Waals surface area contributed by atoms with Gasteiger partial charge in [-0.1, -0.05) is 37.3 Å². The van der Waals surface area contributed by atoms with Crippen molar-refractivity contribution in [1.29, 1.82) is 0 Å². The van der Waals surface area contributed by atoms with Crippen molar-refractivity contribution in [2.45, 2.75) is 38.4 Å². The van der Waals surface area contributed by atoms with Crippen LogP contribution in [-0.2, 0) is 6.54 Å². The Labute approximate surface area is 178 Å². The van der Waals surface area contributed by atoms with E-state index in [2.05, 4.69) is 49.6 Å². The molecule has 2 atom stereocenters. The van der Waals surface area contributed by atoms with Gasteiger partial charge in [-0.3, -0.25) is 9.89 Å². The maximum absolute atomic E-state index is 4.48. The van der Waals surface area contributed by atoms with E-state index in [4.69, 9.17) is 0 Å². The summed E-state index contributed by atoms with van der Waals surface area (Å²) in [7, 11) is 1.82. The molecule has 7 heteroatoms. The van der Waals surface area contributed by atoms with Gasteiger partial charge >= 0.3 is 0 Å². The minimum absolute atomic E-state index is 0. The van der Waals surface area contributed by atoms with Crippen LogP contribution in [0.5, 0.6) is 0 Å². The van der Waals surface area contributed by atoms with Crippen LogP contribution in [0.1, 0.15) is 25.6 Å². The molecule has 0 radical (unpaired) electrons. The van der Waals surface area contributed by atoms with Crippen LogP contribution in [0.15, 0.2) is 41.5 Å². The highest BCUT2D eigenvalue weighted by atomic mass is 127. The topological polar surface area (TPSA) is 68.3 Å². The number of hydrogen-bond donors (Lipinski definition) is 3. The van der Waals surface area contributed by atoms with E-state index in [0.29, 0.717) is 18.5 Å². The van der Waals surface area contributed by atoms with E-state index in [0.717, 1.165) is 35.6 Å². The summed E-state index contributed by atoms with van der Waals surface area (Å²) in [6.07, 6.45) is 4.62. The Hall–Kier alpha value is -1.61. The van der Waals surface area contributed by atoms with E-state index in [9.17, 15) is 0 Å². The van der Waals surface area contributed by atoms with Gasteiger partial charge in [0, 0.05) is 32.2 Å². The van der Waals surface area contributed by atoms with Crippen LogP contribution >= 0.6 is 24.0 Å². The molecule has 4 rings (SSSR count). The second kappa shape index (κ2) is 9.05. The van der Waals surface area contributed by atoms with E-state index in [-0.39, 0.29) is 24.0 Å². The molecule has 1 aliphatic carbocycles. The van der Waals surface area contributed by atoms with Gasteiger partial charge in [0.15, 0.2) is 5.96 Å². The lowest BCUT2D eigenvalue weighted by Gasteiger charge is -2.20. The van der Waals surface area contributed by atoms with Crippen LogP contribution in [0.3, 0.4) is 0 Å². The van der Waals surface area contributed by atoms with Gasteiger partial charge in [0.2, 0.25) is 0 Å². The molecule has 27 heavy (non-hydrogen) atoms. The summed E-state index contributed by atoms with van der Waals surface area (Å²) in [4.78, 5) is 14.9. The molecular weight excluding hydrogens is 451 g/mol. The number of rotatable bonds is 5. The molecule has 2 unspecified atom stereocenters. The number of aromatic amines is 1. The molecule has 2 aliphatic rings. The molecule has 0 amide bonds. The molecular formula is C20H29IN6. The molecule has 1 aromatic carbocycles. The van der Waals surface area contributed by atoms with E-state index in [1.807, 2.05) is 31.4 Å². The van der Waals surface area contributed by atoms with Crippen LogP contribution in [0.2, 0.25) is 0 Å². The van der Waals surface area contributed by atoms with E-state index in [1.54, 1.807) is 0 Å². The molecule has 3 N–H and O–H groups in total. The van der Waals surface area contributed by atoms with Crippen LogP contribution < -0.4 is 10.6 Å². The third-order valence-electron chi connectivity index (χ3n) is 5.39. The number of halogens is 1. The van der Waals surface area contributed by atoms with Crippen molar-refractivity contribution in [2.75, 3.05) is 20.1 Å². The summed E-state index contributed by atoms with van der Waals surface area (Å²) in [5.74, 6) is 2.39. The Morgan fingerprint density at radius 2 is 2.04 bits per heavy atom. The highest BCUT2D eigenvalue weighted by Crippen LogP contribution is 2.31. The highest BCUT2D eigenvalue weighted by Gasteiger charge is 2.38. The molecule has 0 spiro atoms. The normalized spacial score (nSPS) is 23.1. The first kappa shape index (κ1) is 20.1. The van der Waals surface area contributed by atoms with Gasteiger partial charge in [0.05, 0.1) is 18.4 Å². The van der Waals surface area contributed by atoms with E-state index >= 15 is 0 Å². The number of nitrogens with one attached hydrogen (secondary N) is 3. The number of aliphatic imine (C=N–C) groups is 1. The number of imidazole rings is 1. The quantitative estimate of drug-likeness (QED) is 0.350. The van der Waals surface area contributed by atoms with Crippen LogP contribution in [0, 0.1) is 5.92 Å². The van der Waals surface area contributed by atoms with Gasteiger partial charge in [-0.2, -0.15) is 0 Å². The average molecular weight is 480 g/mol. The number of aromatic nitrogens is 2. The number of benzene rings is 1. The molecule has 1 saturated heterocycles. The van der Waals surface area contributed by atoms with Crippen molar-refractivity contribution in [3.63, 3.8) is 0 Å². The molecule has 146 valence electrons. The first-order valence-corrected chi connectivity index (χ1v) is 9.53.